The van der Waals surface area contributed by atoms with E-state index in [9.17, 15) is 9.90 Å². The van der Waals surface area contributed by atoms with Gasteiger partial charge in [0, 0.05) is 12.0 Å². The maximum Gasteiger partial charge on any atom is 0.163 e. The second kappa shape index (κ2) is 9.98. The average molecular weight is 432 g/mol. The van der Waals surface area contributed by atoms with Crippen LogP contribution in [-0.4, -0.2) is 24.1 Å². The van der Waals surface area contributed by atoms with Crippen LogP contribution in [0.1, 0.15) is 48.2 Å². The molecule has 0 aliphatic carbocycles. The number of phenolic OH excluding ortho intramolecular Hbond substituents is 1. The molecule has 0 unspecified atom stereocenters. The van der Waals surface area contributed by atoms with Crippen molar-refractivity contribution in [2.45, 2.75) is 33.1 Å². The van der Waals surface area contributed by atoms with Crippen LogP contribution in [0.2, 0.25) is 0 Å². The predicted molar refractivity (Wildman–Crippen MR) is 107 cm³/mol. The summed E-state index contributed by atoms with van der Waals surface area (Å²) in [5, 5.41) is 19.2. The van der Waals surface area contributed by atoms with Gasteiger partial charge in [-0.1, -0.05) is 13.3 Å². The zero-order valence-corrected chi connectivity index (χ0v) is 17.0. The Morgan fingerprint density at radius 3 is 2.44 bits per heavy atom. The van der Waals surface area contributed by atoms with E-state index in [2.05, 4.69) is 22.0 Å². The molecule has 0 atom stereocenters. The van der Waals surface area contributed by atoms with Gasteiger partial charge < -0.3 is 14.6 Å². The van der Waals surface area contributed by atoms with Gasteiger partial charge in [0.05, 0.1) is 34.9 Å². The average Bonchev–Trinajstić information content (AvgIpc) is 2.64. The van der Waals surface area contributed by atoms with E-state index in [0.29, 0.717) is 54.2 Å². The molecule has 0 amide bonds. The molecule has 0 bridgehead atoms. The third-order valence-electron chi connectivity index (χ3n) is 3.98. The normalized spacial score (nSPS) is 10.3. The molecule has 0 saturated heterocycles. The monoisotopic (exact) mass is 431 g/mol. The smallest absolute Gasteiger partial charge is 0.163 e. The highest BCUT2D eigenvalue weighted by Crippen LogP contribution is 2.33. The zero-order valence-electron chi connectivity index (χ0n) is 15.4. The summed E-state index contributed by atoms with van der Waals surface area (Å²) < 4.78 is 12.2. The number of Topliss-reactive ketones (excluding diaryl/α,β-unsaturated/α-hetero) is 1. The number of phenols is 1. The van der Waals surface area contributed by atoms with Crippen LogP contribution in [0.15, 0.2) is 34.8 Å². The number of benzene rings is 2. The quantitative estimate of drug-likeness (QED) is 0.444. The van der Waals surface area contributed by atoms with E-state index >= 15 is 0 Å². The van der Waals surface area contributed by atoms with Gasteiger partial charge in [0.1, 0.15) is 17.2 Å². The summed E-state index contributed by atoms with van der Waals surface area (Å²) in [5.41, 5.74) is 1.55. The van der Waals surface area contributed by atoms with E-state index in [-0.39, 0.29) is 11.5 Å². The Bertz CT molecular complexity index is 858. The van der Waals surface area contributed by atoms with Crippen molar-refractivity contribution in [3.8, 4) is 23.3 Å². The fourth-order valence-corrected chi connectivity index (χ4v) is 3.13. The Kier molecular flexibility index (Phi) is 7.68. The minimum atomic E-state index is -0.169. The van der Waals surface area contributed by atoms with Gasteiger partial charge in [-0.15, -0.1) is 0 Å². The molecule has 142 valence electrons. The molecule has 0 heterocycles. The van der Waals surface area contributed by atoms with Crippen LogP contribution in [0, 0.1) is 11.3 Å². The van der Waals surface area contributed by atoms with Gasteiger partial charge >= 0.3 is 0 Å². The van der Waals surface area contributed by atoms with Gasteiger partial charge in [0.25, 0.3) is 0 Å². The highest BCUT2D eigenvalue weighted by molar-refractivity contribution is 9.10. The highest BCUT2D eigenvalue weighted by atomic mass is 79.9. The van der Waals surface area contributed by atoms with Crippen molar-refractivity contribution in [1.82, 2.24) is 0 Å². The maximum absolute atomic E-state index is 11.6. The lowest BCUT2D eigenvalue weighted by atomic mass is 10.0. The highest BCUT2D eigenvalue weighted by Gasteiger charge is 2.15. The third-order valence-corrected chi connectivity index (χ3v) is 4.60. The predicted octanol–water partition coefficient (Wildman–Crippen LogP) is 5.03. The molecular formula is C21H22BrNO4. The molecule has 1 N–H and O–H groups in total. The number of nitrogens with zero attached hydrogens (tertiary/aromatic N) is 1. The van der Waals surface area contributed by atoms with E-state index in [1.807, 2.05) is 6.92 Å². The third kappa shape index (κ3) is 5.48. The van der Waals surface area contributed by atoms with Crippen molar-refractivity contribution in [3.63, 3.8) is 0 Å². The number of nitriles is 1. The lowest BCUT2D eigenvalue weighted by Gasteiger charge is -2.15. The van der Waals surface area contributed by atoms with E-state index in [1.54, 1.807) is 30.3 Å². The number of hydrogen-bond donors (Lipinski definition) is 1. The number of ketones is 1. The van der Waals surface area contributed by atoms with Gasteiger partial charge in [0.2, 0.25) is 0 Å². The van der Waals surface area contributed by atoms with Crippen molar-refractivity contribution >= 4 is 21.7 Å². The summed E-state index contributed by atoms with van der Waals surface area (Å²) in [6.07, 6.45) is 2.12. The van der Waals surface area contributed by atoms with Crippen LogP contribution >= 0.6 is 15.9 Å². The molecular weight excluding hydrogens is 410 g/mol. The molecule has 0 aliphatic rings. The molecule has 2 rings (SSSR count). The number of hydrogen-bond acceptors (Lipinski definition) is 5. The number of halogens is 1. The molecule has 2 aromatic carbocycles. The summed E-state index contributed by atoms with van der Waals surface area (Å²) in [7, 11) is 0. The molecule has 27 heavy (non-hydrogen) atoms. The summed E-state index contributed by atoms with van der Waals surface area (Å²) >= 11 is 3.38. The summed E-state index contributed by atoms with van der Waals surface area (Å²) in [4.78, 5) is 11.6. The lowest BCUT2D eigenvalue weighted by molar-refractivity contribution is 0.101. The first-order valence-electron chi connectivity index (χ1n) is 8.79. The first-order valence-corrected chi connectivity index (χ1v) is 9.58. The SMILES string of the molecule is CCCc1c(OCCCOc2ccc(C#N)cc2Br)ccc(C(C)=O)c1O. The second-order valence-electron chi connectivity index (χ2n) is 6.05. The summed E-state index contributed by atoms with van der Waals surface area (Å²) in [5.74, 6) is 1.11. The van der Waals surface area contributed by atoms with E-state index in [1.165, 1.54) is 6.92 Å². The molecule has 0 radical (unpaired) electrons. The summed E-state index contributed by atoms with van der Waals surface area (Å²) in [6.45, 7) is 4.31. The zero-order chi connectivity index (χ0) is 19.8. The fourth-order valence-electron chi connectivity index (χ4n) is 2.64. The molecule has 0 aliphatic heterocycles. The van der Waals surface area contributed by atoms with Crippen molar-refractivity contribution in [2.75, 3.05) is 13.2 Å². The fraction of sp³-hybridized carbons (Fsp3) is 0.333. The van der Waals surface area contributed by atoms with Gasteiger partial charge in [-0.2, -0.15) is 5.26 Å². The topological polar surface area (TPSA) is 79.5 Å². The van der Waals surface area contributed by atoms with Crippen molar-refractivity contribution in [2.24, 2.45) is 0 Å². The number of rotatable bonds is 9. The van der Waals surface area contributed by atoms with E-state index in [0.717, 1.165) is 10.9 Å². The number of carbonyl (C=O) groups excluding carboxylic acids is 1. The number of ether oxygens (including phenoxy) is 2. The number of aromatic hydroxyl groups is 1. The van der Waals surface area contributed by atoms with Crippen molar-refractivity contribution in [1.29, 1.82) is 5.26 Å². The molecule has 6 heteroatoms. The molecule has 5 nitrogen and oxygen atoms in total. The first kappa shape index (κ1) is 20.8. The summed E-state index contributed by atoms with van der Waals surface area (Å²) in [6, 6.07) is 10.6. The molecule has 0 spiro atoms. The molecule has 0 fully saturated rings. The minimum Gasteiger partial charge on any atom is -0.507 e. The minimum absolute atomic E-state index is 0.0135. The second-order valence-corrected chi connectivity index (χ2v) is 6.91. The van der Waals surface area contributed by atoms with Crippen LogP contribution in [-0.2, 0) is 6.42 Å². The Hall–Kier alpha value is -2.52. The standard InChI is InChI=1S/C21H22BrNO4/c1-3-5-17-19(9-7-16(14(2)24)21(17)25)26-10-4-11-27-20-8-6-15(13-23)12-18(20)22/h6-9,12,25H,3-5,10-11H2,1-2H3. The van der Waals surface area contributed by atoms with E-state index < -0.39 is 0 Å². The Morgan fingerprint density at radius 1 is 1.19 bits per heavy atom. The Balaban J connectivity index is 1.92. The lowest BCUT2D eigenvalue weighted by Crippen LogP contribution is -2.07. The van der Waals surface area contributed by atoms with Crippen molar-refractivity contribution < 1.29 is 19.4 Å². The van der Waals surface area contributed by atoms with Crippen LogP contribution in [0.4, 0.5) is 0 Å². The Labute approximate surface area is 167 Å². The maximum atomic E-state index is 11.6. The molecule has 0 aromatic heterocycles. The van der Waals surface area contributed by atoms with Crippen molar-refractivity contribution in [3.05, 3.63) is 51.5 Å². The van der Waals surface area contributed by atoms with Gasteiger partial charge in [-0.25, -0.2) is 0 Å². The van der Waals surface area contributed by atoms with Gasteiger partial charge in [-0.3, -0.25) is 4.79 Å². The Morgan fingerprint density at radius 2 is 1.85 bits per heavy atom. The van der Waals surface area contributed by atoms with Gasteiger partial charge in [-0.05, 0) is 59.6 Å². The van der Waals surface area contributed by atoms with E-state index in [4.69, 9.17) is 14.7 Å². The van der Waals surface area contributed by atoms with Crippen LogP contribution in [0.5, 0.6) is 17.2 Å². The van der Waals surface area contributed by atoms with Crippen LogP contribution in [0.3, 0.4) is 0 Å². The molecule has 2 aromatic rings. The van der Waals surface area contributed by atoms with Crippen LogP contribution < -0.4 is 9.47 Å². The first-order chi connectivity index (χ1) is 13.0. The number of carbonyl (C=O) groups is 1. The largest absolute Gasteiger partial charge is 0.507 e. The van der Waals surface area contributed by atoms with Gasteiger partial charge in [0.15, 0.2) is 5.78 Å². The molecule has 0 saturated carbocycles. The van der Waals surface area contributed by atoms with Crippen LogP contribution in [0.25, 0.3) is 0 Å².